The van der Waals surface area contributed by atoms with Gasteiger partial charge in [0.05, 0.1) is 25.8 Å². The van der Waals surface area contributed by atoms with Gasteiger partial charge in [0.15, 0.2) is 0 Å². The summed E-state index contributed by atoms with van der Waals surface area (Å²) in [6, 6.07) is -5.48. The zero-order valence-corrected chi connectivity index (χ0v) is 61.1. The van der Waals surface area contributed by atoms with Crippen molar-refractivity contribution in [2.75, 3.05) is 39.4 Å². The first kappa shape index (κ1) is 88.7. The van der Waals surface area contributed by atoms with Crippen LogP contribution >= 0.6 is 0 Å². The van der Waals surface area contributed by atoms with E-state index in [4.69, 9.17) is 22.9 Å². The number of nitrogens with two attached hydrogens (primary N) is 4. The van der Waals surface area contributed by atoms with Crippen LogP contribution in [-0.4, -0.2) is 237 Å². The Hall–Kier alpha value is -10.7. The maximum absolute atomic E-state index is 14.7. The van der Waals surface area contributed by atoms with Crippen LogP contribution in [0.15, 0.2) is 60.9 Å². The first-order valence-corrected chi connectivity index (χ1v) is 35.2. The Labute approximate surface area is 617 Å². The van der Waals surface area contributed by atoms with Gasteiger partial charge in [0, 0.05) is 53.5 Å². The summed E-state index contributed by atoms with van der Waals surface area (Å²) in [6.07, 6.45) is 0.835. The predicted octanol–water partition coefficient (Wildman–Crippen LogP) is -5.93. The maximum Gasteiger partial charge on any atom is 0.325 e. The Bertz CT molecular complexity index is 3750. The van der Waals surface area contributed by atoms with Gasteiger partial charge in [-0.3, -0.25) is 71.9 Å². The molecule has 0 aliphatic heterocycles. The van der Waals surface area contributed by atoms with Gasteiger partial charge in [-0.25, -0.2) is 0 Å². The van der Waals surface area contributed by atoms with Crippen LogP contribution in [0.5, 0.6) is 0 Å². The van der Waals surface area contributed by atoms with E-state index in [2.05, 4.69) is 79.1 Å². The summed E-state index contributed by atoms with van der Waals surface area (Å²) in [6.45, 7) is 8.79. The number of carboxylic acids is 2. The first-order chi connectivity index (χ1) is 50.6. The molecule has 0 radical (unpaired) electrons. The molecule has 0 aliphatic rings. The maximum atomic E-state index is 14.7. The monoisotopic (exact) mass is 1500 g/mol. The number of aromatic nitrogens is 2. The van der Waals surface area contributed by atoms with Gasteiger partial charge in [-0.2, -0.15) is 0 Å². The number of benzene rings is 2. The van der Waals surface area contributed by atoms with Gasteiger partial charge in [-0.15, -0.1) is 0 Å². The highest BCUT2D eigenvalue weighted by atomic mass is 16.4. The zero-order valence-electron chi connectivity index (χ0n) is 61.1. The number of aliphatic carboxylic acids is 2. The van der Waals surface area contributed by atoms with E-state index >= 15 is 0 Å². The summed E-state index contributed by atoms with van der Waals surface area (Å²) in [5.41, 5.74) is 25.4. The minimum absolute atomic E-state index is 0.0988. The van der Waals surface area contributed by atoms with Gasteiger partial charge in [-0.1, -0.05) is 84.4 Å². The van der Waals surface area contributed by atoms with Crippen LogP contribution < -0.4 is 92.1 Å². The summed E-state index contributed by atoms with van der Waals surface area (Å²) in [5, 5.41) is 73.4. The highest BCUT2D eigenvalue weighted by Gasteiger charge is 2.39. The van der Waals surface area contributed by atoms with Crippen molar-refractivity contribution in [2.24, 2.45) is 40.7 Å². The molecular formula is C69H105N19O19. The molecule has 4 aromatic rings. The fourth-order valence-electron chi connectivity index (χ4n) is 11.0. The lowest BCUT2D eigenvalue weighted by atomic mass is 9.96. The molecule has 107 heavy (non-hydrogen) atoms. The van der Waals surface area contributed by atoms with Crippen molar-refractivity contribution >= 4 is 111 Å². The average Bonchev–Trinajstić information content (AvgIpc) is 1.54. The number of hydrogen-bond acceptors (Lipinski definition) is 21. The number of carbonyl (C=O) groups excluding carboxylic acids is 13. The molecule has 27 N–H and O–H groups in total. The van der Waals surface area contributed by atoms with Crippen LogP contribution in [0.1, 0.15) is 105 Å². The lowest BCUT2D eigenvalue weighted by Crippen LogP contribution is -2.62. The Morgan fingerprint density at radius 3 is 1.17 bits per heavy atom. The van der Waals surface area contributed by atoms with Crippen LogP contribution in [0, 0.1) is 17.8 Å². The predicted molar refractivity (Wildman–Crippen MR) is 388 cm³/mol. The van der Waals surface area contributed by atoms with Crippen molar-refractivity contribution in [3.63, 3.8) is 0 Å². The molecule has 2 heterocycles. The highest BCUT2D eigenvalue weighted by molar-refractivity contribution is 6.01. The molecule has 2 aromatic heterocycles. The van der Waals surface area contributed by atoms with Crippen LogP contribution in [0.25, 0.3) is 21.8 Å². The second-order valence-corrected chi connectivity index (χ2v) is 26.6. The molecule has 13 amide bonds. The number of hydrogen-bond donors (Lipinski definition) is 23. The molecule has 0 unspecified atom stereocenters. The SMILES string of the molecule is CC[C@H](C)[C@@H](NC(=O)[C@@H](NC(=O)[C@H](CCC(=O)O)NC(=O)[C@H](Cc1c[nH]c2ccccc12)NC(=O)[C@@H](CCN)NC(=O)[C@H](CCN)NC(=O)[C@H](CO)NC(=O)[C@@H](Cc1c[nH]c2ccccc12)NC(=O)[C@@H](CO)NC(=O)CNC(=O)[C@@H](CCN)NC(=O)[C@H](NC(=O)[C@H](C)N)C(C)C)C(C)C)C(=O)N[C@@H](C)C(=O)O. The van der Waals surface area contributed by atoms with E-state index in [1.54, 1.807) is 96.3 Å². The fraction of sp³-hybridized carbons (Fsp3) is 0.551. The summed E-state index contributed by atoms with van der Waals surface area (Å²) in [5.74, 6) is -17.0. The number of aromatic amines is 2. The Morgan fingerprint density at radius 2 is 0.757 bits per heavy atom. The van der Waals surface area contributed by atoms with E-state index in [-0.39, 0.29) is 51.7 Å². The van der Waals surface area contributed by atoms with Gasteiger partial charge in [0.1, 0.15) is 72.5 Å². The molecule has 590 valence electrons. The minimum Gasteiger partial charge on any atom is -0.481 e. The number of nitrogens with one attached hydrogen (secondary N) is 15. The van der Waals surface area contributed by atoms with Crippen molar-refractivity contribution in [3.05, 3.63) is 72.1 Å². The third-order valence-electron chi connectivity index (χ3n) is 17.5. The van der Waals surface area contributed by atoms with Crippen LogP contribution in [0.4, 0.5) is 0 Å². The molecule has 38 nitrogen and oxygen atoms in total. The third-order valence-corrected chi connectivity index (χ3v) is 17.5. The van der Waals surface area contributed by atoms with Crippen molar-refractivity contribution in [1.29, 1.82) is 0 Å². The van der Waals surface area contributed by atoms with E-state index in [0.29, 0.717) is 39.4 Å². The number of aliphatic hydroxyl groups excluding tert-OH is 2. The van der Waals surface area contributed by atoms with Gasteiger partial charge < -0.3 is 122 Å². The Balaban J connectivity index is 1.57. The molecule has 4 rings (SSSR count). The number of para-hydroxylation sites is 2. The molecule has 2 aromatic carbocycles. The largest absolute Gasteiger partial charge is 0.481 e. The molecule has 0 fully saturated rings. The topological polar surface area (TPSA) is 629 Å². The van der Waals surface area contributed by atoms with Crippen molar-refractivity contribution in [1.82, 2.24) is 79.1 Å². The van der Waals surface area contributed by atoms with Crippen LogP contribution in [0.2, 0.25) is 0 Å². The lowest BCUT2D eigenvalue weighted by molar-refractivity contribution is -0.142. The van der Waals surface area contributed by atoms with Crippen LogP contribution in [-0.2, 0) is 84.8 Å². The summed E-state index contributed by atoms with van der Waals surface area (Å²) >= 11 is 0. The standard InChI is InChI=1S/C69H105N19O19/c1-9-35(6)56(68(105)77-37(8)69(106)107)88-67(104)55(34(4)5)87-61(98)44(18-19-53(92)93)79-62(99)48(26-38-28-74-42-16-12-10-14-40(38)42)83-60(97)47(22-25-72)80-59(96)46(21-24-71)81-65(102)51(32-90)85-63(100)49(27-39-29-75-43-17-13-11-15-41(39)43)84-64(101)50(31-89)78-52(91)30-76-58(95)45(20-23-70)82-66(103)54(33(2)3)86-57(94)36(7)73/h10-17,28-29,33-37,44-51,54-56,74-75,89-90H,9,18-27,30-32,70-73H2,1-8H3,(H,76,95)(H,77,105)(H,78,91)(H,79,99)(H,80,96)(H,81,102)(H,82,103)(H,83,97)(H,84,101)(H,85,100)(H,86,94)(H,87,98)(H,88,104)(H,92,93)(H,106,107)/t35-,36-,37-,44-,45+,46-,47+,48-,49+,50+,51-,54+,55-,56+/m0/s1. The van der Waals surface area contributed by atoms with E-state index in [0.717, 1.165) is 0 Å². The number of amides is 13. The van der Waals surface area contributed by atoms with E-state index < -0.39 is 218 Å². The smallest absolute Gasteiger partial charge is 0.325 e. The first-order valence-electron chi connectivity index (χ1n) is 35.2. The number of rotatable bonds is 46. The molecule has 14 atom stereocenters. The number of H-pyrrole nitrogens is 2. The molecule has 0 aliphatic carbocycles. The van der Waals surface area contributed by atoms with Crippen LogP contribution in [0.3, 0.4) is 0 Å². The van der Waals surface area contributed by atoms with Crippen molar-refractivity contribution in [3.8, 4) is 0 Å². The van der Waals surface area contributed by atoms with Gasteiger partial charge in [0.25, 0.3) is 0 Å². The summed E-state index contributed by atoms with van der Waals surface area (Å²) in [7, 11) is 0. The van der Waals surface area contributed by atoms with Gasteiger partial charge >= 0.3 is 11.9 Å². The molecule has 0 saturated carbocycles. The molecule has 38 heteroatoms. The minimum atomic E-state index is -1.88. The molecule has 0 saturated heterocycles. The zero-order chi connectivity index (χ0) is 79.9. The van der Waals surface area contributed by atoms with Crippen molar-refractivity contribution < 1.29 is 92.3 Å². The Morgan fingerprint density at radius 1 is 0.411 bits per heavy atom. The highest BCUT2D eigenvalue weighted by Crippen LogP contribution is 2.22. The van der Waals surface area contributed by atoms with Crippen molar-refractivity contribution in [2.45, 2.75) is 185 Å². The van der Waals surface area contributed by atoms with Gasteiger partial charge in [0.2, 0.25) is 76.8 Å². The number of carboxylic acid groups (broad SMARTS) is 2. The summed E-state index contributed by atoms with van der Waals surface area (Å²) < 4.78 is 0. The number of fused-ring (bicyclic) bond motifs is 2. The lowest BCUT2D eigenvalue weighted by Gasteiger charge is -2.30. The second kappa shape index (κ2) is 43.7. The molecular weight excluding hydrogens is 1400 g/mol. The normalized spacial score (nSPS) is 15.3. The third kappa shape index (κ3) is 27.3. The van der Waals surface area contributed by atoms with E-state index in [9.17, 15) is 92.3 Å². The number of aliphatic hydroxyl groups is 2. The second-order valence-electron chi connectivity index (χ2n) is 26.6. The van der Waals surface area contributed by atoms with E-state index in [1.807, 2.05) is 0 Å². The average molecular weight is 1500 g/mol. The fourth-order valence-corrected chi connectivity index (χ4v) is 11.0. The Kier molecular flexibility index (Phi) is 36.2. The molecule has 0 bridgehead atoms. The quantitative estimate of drug-likeness (QED) is 0.0196. The van der Waals surface area contributed by atoms with E-state index in [1.165, 1.54) is 20.0 Å². The molecule has 0 spiro atoms. The van der Waals surface area contributed by atoms with Gasteiger partial charge in [-0.05, 0) is 100 Å². The number of carbonyl (C=O) groups is 15. The summed E-state index contributed by atoms with van der Waals surface area (Å²) in [4.78, 5) is 210.